The quantitative estimate of drug-likeness (QED) is 0.377. The minimum absolute atomic E-state index is 0.331. The molecule has 3 aromatic rings. The molecule has 0 saturated carbocycles. The van der Waals surface area contributed by atoms with E-state index in [-0.39, 0.29) is 0 Å². The number of carbonyl (C=O) groups is 2. The molecule has 1 aliphatic heterocycles. The molecule has 4 rings (SSSR count). The molecule has 2 aromatic carbocycles. The highest BCUT2D eigenvalue weighted by molar-refractivity contribution is 7.92. The highest BCUT2D eigenvalue weighted by atomic mass is 32.2. The number of oxazole rings is 1. The van der Waals surface area contributed by atoms with E-state index in [2.05, 4.69) is 20.5 Å². The summed E-state index contributed by atoms with van der Waals surface area (Å²) < 4.78 is 37.6. The average molecular weight is 568 g/mol. The van der Waals surface area contributed by atoms with Crippen molar-refractivity contribution in [2.24, 2.45) is 0 Å². The summed E-state index contributed by atoms with van der Waals surface area (Å²) >= 11 is 0. The average Bonchev–Trinajstić information content (AvgIpc) is 3.47. The summed E-state index contributed by atoms with van der Waals surface area (Å²) in [6, 6.07) is 14.2. The van der Waals surface area contributed by atoms with Crippen LogP contribution in [0.15, 0.2) is 70.9 Å². The zero-order chi connectivity index (χ0) is 28.8. The van der Waals surface area contributed by atoms with Crippen LogP contribution in [0.25, 0.3) is 17.4 Å². The zero-order valence-electron chi connectivity index (χ0n) is 22.7. The SMILES string of the molecule is COc1cc(NC(=O)C(=O)NC(C)(C)CN2CCN(S(=O)(=O)/C=C/c3ccccc3)CC2)ccc1-c1cnco1. The molecule has 0 spiro atoms. The number of benzene rings is 2. The lowest BCUT2D eigenvalue weighted by Crippen LogP contribution is -2.57. The van der Waals surface area contributed by atoms with Gasteiger partial charge in [0, 0.05) is 55.4 Å². The van der Waals surface area contributed by atoms with Gasteiger partial charge in [-0.3, -0.25) is 14.5 Å². The Bertz CT molecular complexity index is 1450. The molecule has 1 saturated heterocycles. The monoisotopic (exact) mass is 567 g/mol. The van der Waals surface area contributed by atoms with E-state index in [1.165, 1.54) is 23.2 Å². The fraction of sp³-hybridized carbons (Fsp3) is 0.321. The number of rotatable bonds is 9. The Hall–Kier alpha value is -4.00. The van der Waals surface area contributed by atoms with Crippen LogP contribution in [0.2, 0.25) is 0 Å². The van der Waals surface area contributed by atoms with E-state index in [4.69, 9.17) is 9.15 Å². The third kappa shape index (κ3) is 7.56. The Morgan fingerprint density at radius 1 is 1.07 bits per heavy atom. The molecule has 0 radical (unpaired) electrons. The summed E-state index contributed by atoms with van der Waals surface area (Å²) in [5.74, 6) is -0.637. The van der Waals surface area contributed by atoms with Gasteiger partial charge in [0.05, 0.1) is 18.9 Å². The van der Waals surface area contributed by atoms with Gasteiger partial charge in [0.1, 0.15) is 5.75 Å². The fourth-order valence-corrected chi connectivity index (χ4v) is 5.60. The van der Waals surface area contributed by atoms with Crippen LogP contribution >= 0.6 is 0 Å². The summed E-state index contributed by atoms with van der Waals surface area (Å²) in [5, 5.41) is 6.60. The van der Waals surface area contributed by atoms with E-state index in [0.29, 0.717) is 55.5 Å². The Kier molecular flexibility index (Phi) is 9.03. The van der Waals surface area contributed by atoms with Crippen LogP contribution in [0.1, 0.15) is 19.4 Å². The minimum Gasteiger partial charge on any atom is -0.496 e. The van der Waals surface area contributed by atoms with Crippen LogP contribution in [-0.2, 0) is 19.6 Å². The number of anilines is 1. The van der Waals surface area contributed by atoms with E-state index in [0.717, 1.165) is 5.56 Å². The molecule has 2 N–H and O–H groups in total. The molecule has 0 bridgehead atoms. The fourth-order valence-electron chi connectivity index (χ4n) is 4.43. The van der Waals surface area contributed by atoms with Crippen molar-refractivity contribution in [3.63, 3.8) is 0 Å². The lowest BCUT2D eigenvalue weighted by Gasteiger charge is -2.38. The normalized spacial score (nSPS) is 15.2. The molecule has 0 aliphatic carbocycles. The van der Waals surface area contributed by atoms with Crippen LogP contribution in [0.5, 0.6) is 5.75 Å². The standard InChI is InChI=1S/C28H33N5O6S/c1-28(2,19-32-12-14-33(15-13-32)40(36,37)16-11-21-7-5-4-6-8-21)31-27(35)26(34)30-22-9-10-23(24(17-22)38-3)25-18-29-20-39-25/h4-11,16-18,20H,12-15,19H2,1-3H3,(H,30,34)(H,31,35)/b16-11+. The van der Waals surface area contributed by atoms with Crippen LogP contribution < -0.4 is 15.4 Å². The number of nitrogens with one attached hydrogen (secondary N) is 2. The van der Waals surface area contributed by atoms with Gasteiger partial charge in [0.2, 0.25) is 10.0 Å². The number of nitrogens with zero attached hydrogens (tertiary/aromatic N) is 3. The lowest BCUT2D eigenvalue weighted by molar-refractivity contribution is -0.137. The van der Waals surface area contributed by atoms with Gasteiger partial charge >= 0.3 is 11.8 Å². The number of amides is 2. The number of carbonyl (C=O) groups excluding carboxylic acids is 2. The number of methoxy groups -OCH3 is 1. The molecule has 212 valence electrons. The first kappa shape index (κ1) is 29.0. The van der Waals surface area contributed by atoms with Gasteiger partial charge in [0.15, 0.2) is 12.2 Å². The summed E-state index contributed by atoms with van der Waals surface area (Å²) in [5.41, 5.74) is 1.12. The largest absolute Gasteiger partial charge is 0.496 e. The molecule has 2 amide bonds. The molecule has 0 atom stereocenters. The number of aromatic nitrogens is 1. The maximum atomic E-state index is 12.7. The van der Waals surface area contributed by atoms with Gasteiger partial charge in [-0.25, -0.2) is 13.4 Å². The number of sulfonamides is 1. The van der Waals surface area contributed by atoms with Crippen molar-refractivity contribution in [2.45, 2.75) is 19.4 Å². The van der Waals surface area contributed by atoms with E-state index in [1.54, 1.807) is 30.5 Å². The van der Waals surface area contributed by atoms with Gasteiger partial charge in [-0.2, -0.15) is 4.31 Å². The van der Waals surface area contributed by atoms with E-state index in [1.807, 2.05) is 44.2 Å². The maximum Gasteiger partial charge on any atom is 0.313 e. The van der Waals surface area contributed by atoms with Crippen molar-refractivity contribution in [3.8, 4) is 17.1 Å². The number of ether oxygens (including phenoxy) is 1. The second kappa shape index (κ2) is 12.5. The number of hydrogen-bond donors (Lipinski definition) is 2. The molecule has 12 heteroatoms. The minimum atomic E-state index is -3.54. The first-order chi connectivity index (χ1) is 19.1. The van der Waals surface area contributed by atoms with Crippen molar-refractivity contribution in [2.75, 3.05) is 45.2 Å². The van der Waals surface area contributed by atoms with Crippen LogP contribution in [0.3, 0.4) is 0 Å². The van der Waals surface area contributed by atoms with Crippen LogP contribution in [-0.4, -0.2) is 79.8 Å². The van der Waals surface area contributed by atoms with E-state index < -0.39 is 27.4 Å². The Balaban J connectivity index is 1.28. The third-order valence-electron chi connectivity index (χ3n) is 6.36. The summed E-state index contributed by atoms with van der Waals surface area (Å²) in [7, 11) is -2.05. The molecular formula is C28H33N5O6S. The van der Waals surface area contributed by atoms with Crippen molar-refractivity contribution in [1.82, 2.24) is 19.5 Å². The van der Waals surface area contributed by atoms with Gasteiger partial charge < -0.3 is 19.8 Å². The van der Waals surface area contributed by atoms with Crippen molar-refractivity contribution >= 4 is 33.6 Å². The van der Waals surface area contributed by atoms with Crippen LogP contribution in [0.4, 0.5) is 5.69 Å². The smallest absolute Gasteiger partial charge is 0.313 e. The first-order valence-electron chi connectivity index (χ1n) is 12.7. The third-order valence-corrected chi connectivity index (χ3v) is 7.92. The van der Waals surface area contributed by atoms with Crippen molar-refractivity contribution in [1.29, 1.82) is 0 Å². The van der Waals surface area contributed by atoms with Gasteiger partial charge in [-0.15, -0.1) is 0 Å². The predicted molar refractivity (Wildman–Crippen MR) is 152 cm³/mol. The summed E-state index contributed by atoms with van der Waals surface area (Å²) in [6.45, 7) is 5.75. The number of hydrogen-bond acceptors (Lipinski definition) is 8. The molecule has 1 fully saturated rings. The molecule has 40 heavy (non-hydrogen) atoms. The van der Waals surface area contributed by atoms with Gasteiger partial charge in [0.25, 0.3) is 0 Å². The molecule has 11 nitrogen and oxygen atoms in total. The second-order valence-corrected chi connectivity index (χ2v) is 11.8. The lowest BCUT2D eigenvalue weighted by atomic mass is 10.0. The molecule has 2 heterocycles. The Labute approximate surface area is 233 Å². The summed E-state index contributed by atoms with van der Waals surface area (Å²) in [4.78, 5) is 31.3. The Morgan fingerprint density at radius 3 is 2.45 bits per heavy atom. The highest BCUT2D eigenvalue weighted by Crippen LogP contribution is 2.32. The van der Waals surface area contributed by atoms with E-state index >= 15 is 0 Å². The predicted octanol–water partition coefficient (Wildman–Crippen LogP) is 2.80. The molecular weight excluding hydrogens is 534 g/mol. The van der Waals surface area contributed by atoms with E-state index in [9.17, 15) is 18.0 Å². The van der Waals surface area contributed by atoms with Crippen molar-refractivity contribution < 1.29 is 27.2 Å². The van der Waals surface area contributed by atoms with Gasteiger partial charge in [-0.05, 0) is 37.6 Å². The first-order valence-corrected chi connectivity index (χ1v) is 14.2. The molecule has 1 aromatic heterocycles. The maximum absolute atomic E-state index is 12.7. The summed E-state index contributed by atoms with van der Waals surface area (Å²) in [6.07, 6.45) is 4.45. The zero-order valence-corrected chi connectivity index (χ0v) is 23.5. The molecule has 0 unspecified atom stereocenters. The topological polar surface area (TPSA) is 134 Å². The molecule has 1 aliphatic rings. The second-order valence-electron chi connectivity index (χ2n) is 10.0. The Morgan fingerprint density at radius 2 is 1.80 bits per heavy atom. The van der Waals surface area contributed by atoms with Crippen LogP contribution in [0, 0.1) is 0 Å². The highest BCUT2D eigenvalue weighted by Gasteiger charge is 2.31. The number of piperazine rings is 1. The van der Waals surface area contributed by atoms with Crippen molar-refractivity contribution in [3.05, 3.63) is 72.1 Å². The van der Waals surface area contributed by atoms with Gasteiger partial charge in [-0.1, -0.05) is 30.3 Å².